The van der Waals surface area contributed by atoms with Crippen LogP contribution in [0, 0.1) is 0 Å². The minimum atomic E-state index is 0.291. The van der Waals surface area contributed by atoms with Gasteiger partial charge in [-0.05, 0) is 32.1 Å². The zero-order chi connectivity index (χ0) is 10.4. The van der Waals surface area contributed by atoms with E-state index in [0.29, 0.717) is 18.6 Å². The summed E-state index contributed by atoms with van der Waals surface area (Å²) < 4.78 is 0.753. The van der Waals surface area contributed by atoms with Gasteiger partial charge in [0, 0.05) is 17.7 Å². The van der Waals surface area contributed by atoms with Crippen molar-refractivity contribution in [3.63, 3.8) is 0 Å². The van der Waals surface area contributed by atoms with Gasteiger partial charge in [0.15, 0.2) is 0 Å². The van der Waals surface area contributed by atoms with Crippen LogP contribution >= 0.6 is 22.9 Å². The van der Waals surface area contributed by atoms with Crippen molar-refractivity contribution in [3.05, 3.63) is 21.3 Å². The summed E-state index contributed by atoms with van der Waals surface area (Å²) in [5, 5.41) is 3.02. The number of halogens is 1. The number of carbonyl (C=O) groups excluding carboxylic acids is 1. The maximum absolute atomic E-state index is 11.4. The normalized spacial score (nSPS) is 10.4. The van der Waals surface area contributed by atoms with E-state index in [4.69, 9.17) is 11.6 Å². The lowest BCUT2D eigenvalue weighted by molar-refractivity contribution is -0.118. The average Bonchev–Trinajstić information content (AvgIpc) is 2.52. The molecule has 0 spiro atoms. The molecule has 4 heteroatoms. The van der Waals surface area contributed by atoms with Gasteiger partial charge < -0.3 is 5.32 Å². The molecule has 0 saturated carbocycles. The van der Waals surface area contributed by atoms with Crippen LogP contribution in [0.15, 0.2) is 12.1 Å². The molecule has 0 saturated heterocycles. The van der Waals surface area contributed by atoms with E-state index in [1.165, 1.54) is 11.3 Å². The third-order valence-electron chi connectivity index (χ3n) is 1.88. The third-order valence-corrected chi connectivity index (χ3v) is 3.11. The lowest BCUT2D eigenvalue weighted by Gasteiger charge is -1.98. The van der Waals surface area contributed by atoms with Crippen LogP contribution in [0.25, 0.3) is 0 Å². The smallest absolute Gasteiger partial charge is 0.138 e. The molecule has 0 unspecified atom stereocenters. The van der Waals surface area contributed by atoms with Crippen molar-refractivity contribution in [1.82, 2.24) is 5.32 Å². The Labute approximate surface area is 93.3 Å². The Hall–Kier alpha value is -0.380. The second-order valence-corrected chi connectivity index (χ2v) is 4.93. The Balaban J connectivity index is 2.27. The van der Waals surface area contributed by atoms with Crippen LogP contribution in [0.1, 0.15) is 17.7 Å². The molecule has 1 heterocycles. The maximum atomic E-state index is 11.4. The minimum absolute atomic E-state index is 0.291. The molecule has 1 rings (SSSR count). The summed E-state index contributed by atoms with van der Waals surface area (Å²) in [6, 6.07) is 3.76. The van der Waals surface area contributed by atoms with Gasteiger partial charge in [-0.2, -0.15) is 0 Å². The molecule has 1 aromatic heterocycles. The van der Waals surface area contributed by atoms with E-state index in [9.17, 15) is 4.79 Å². The van der Waals surface area contributed by atoms with Crippen molar-refractivity contribution in [3.8, 4) is 0 Å². The predicted octanol–water partition coefficient (Wildman–Crippen LogP) is 2.51. The fraction of sp³-hybridized carbons (Fsp3) is 0.500. The molecule has 0 aliphatic heterocycles. The lowest BCUT2D eigenvalue weighted by Crippen LogP contribution is -2.10. The van der Waals surface area contributed by atoms with Crippen molar-refractivity contribution in [2.24, 2.45) is 0 Å². The van der Waals surface area contributed by atoms with Crippen LogP contribution < -0.4 is 5.32 Å². The highest BCUT2D eigenvalue weighted by Crippen LogP contribution is 2.22. The Morgan fingerprint density at radius 3 is 2.93 bits per heavy atom. The van der Waals surface area contributed by atoms with Crippen LogP contribution in [-0.4, -0.2) is 19.4 Å². The van der Waals surface area contributed by atoms with Crippen molar-refractivity contribution in [1.29, 1.82) is 0 Å². The molecule has 0 fully saturated rings. The highest BCUT2D eigenvalue weighted by atomic mass is 35.5. The van der Waals surface area contributed by atoms with Crippen LogP contribution in [0.2, 0.25) is 4.34 Å². The Kier molecular flexibility index (Phi) is 5.15. The first-order chi connectivity index (χ1) is 6.72. The van der Waals surface area contributed by atoms with Gasteiger partial charge in [-0.25, -0.2) is 0 Å². The Morgan fingerprint density at radius 2 is 2.36 bits per heavy atom. The predicted molar refractivity (Wildman–Crippen MR) is 61.2 cm³/mol. The highest BCUT2D eigenvalue weighted by molar-refractivity contribution is 7.16. The zero-order valence-corrected chi connectivity index (χ0v) is 9.75. The van der Waals surface area contributed by atoms with E-state index >= 15 is 0 Å². The fourth-order valence-electron chi connectivity index (χ4n) is 1.19. The summed E-state index contributed by atoms with van der Waals surface area (Å²) in [5.41, 5.74) is 0. The van der Waals surface area contributed by atoms with E-state index < -0.39 is 0 Å². The topological polar surface area (TPSA) is 29.1 Å². The standard InChI is InChI=1S/C10H14ClNOS/c1-12-6-2-3-8(13)7-9-4-5-10(11)14-9/h4-5,12H,2-3,6-7H2,1H3. The van der Waals surface area contributed by atoms with Crippen LogP contribution in [0.4, 0.5) is 0 Å². The summed E-state index contributed by atoms with van der Waals surface area (Å²) in [4.78, 5) is 12.5. The van der Waals surface area contributed by atoms with Gasteiger partial charge in [0.25, 0.3) is 0 Å². The number of Topliss-reactive ketones (excluding diaryl/α,β-unsaturated/α-hetero) is 1. The van der Waals surface area contributed by atoms with Crippen LogP contribution in [0.5, 0.6) is 0 Å². The molecule has 0 aliphatic rings. The number of ketones is 1. The average molecular weight is 232 g/mol. The van der Waals surface area contributed by atoms with Gasteiger partial charge in [-0.15, -0.1) is 11.3 Å². The molecular weight excluding hydrogens is 218 g/mol. The summed E-state index contributed by atoms with van der Waals surface area (Å²) >= 11 is 7.25. The number of nitrogens with one attached hydrogen (secondary N) is 1. The molecule has 78 valence electrons. The van der Waals surface area contributed by atoms with Gasteiger partial charge in [-0.3, -0.25) is 4.79 Å². The van der Waals surface area contributed by atoms with Crippen molar-refractivity contribution in [2.45, 2.75) is 19.3 Å². The van der Waals surface area contributed by atoms with Crippen molar-refractivity contribution >= 4 is 28.7 Å². The molecule has 14 heavy (non-hydrogen) atoms. The Morgan fingerprint density at radius 1 is 1.57 bits per heavy atom. The molecule has 0 radical (unpaired) electrons. The molecular formula is C10H14ClNOS. The van der Waals surface area contributed by atoms with Crippen LogP contribution in [-0.2, 0) is 11.2 Å². The molecule has 0 aliphatic carbocycles. The fourth-order valence-corrected chi connectivity index (χ4v) is 2.31. The van der Waals surface area contributed by atoms with E-state index in [1.807, 2.05) is 19.2 Å². The van der Waals surface area contributed by atoms with Gasteiger partial charge in [0.05, 0.1) is 4.34 Å². The second kappa shape index (κ2) is 6.17. The third kappa shape index (κ3) is 4.22. The van der Waals surface area contributed by atoms with E-state index in [1.54, 1.807) is 0 Å². The summed E-state index contributed by atoms with van der Waals surface area (Å²) in [5.74, 6) is 0.291. The van der Waals surface area contributed by atoms with Gasteiger partial charge >= 0.3 is 0 Å². The lowest BCUT2D eigenvalue weighted by atomic mass is 10.1. The van der Waals surface area contributed by atoms with E-state index in [0.717, 1.165) is 22.2 Å². The van der Waals surface area contributed by atoms with Crippen molar-refractivity contribution < 1.29 is 4.79 Å². The van der Waals surface area contributed by atoms with Crippen molar-refractivity contribution in [2.75, 3.05) is 13.6 Å². The first-order valence-corrected chi connectivity index (χ1v) is 5.82. The molecule has 2 nitrogen and oxygen atoms in total. The van der Waals surface area contributed by atoms with Gasteiger partial charge in [-0.1, -0.05) is 11.6 Å². The first kappa shape index (κ1) is 11.7. The maximum Gasteiger partial charge on any atom is 0.138 e. The largest absolute Gasteiger partial charge is 0.320 e. The molecule has 0 aromatic carbocycles. The number of rotatable bonds is 6. The summed E-state index contributed by atoms with van der Waals surface area (Å²) in [6.07, 6.45) is 2.09. The minimum Gasteiger partial charge on any atom is -0.320 e. The van der Waals surface area contributed by atoms with Gasteiger partial charge in [0.2, 0.25) is 0 Å². The Bertz CT molecular complexity index is 298. The molecule has 0 bridgehead atoms. The van der Waals surface area contributed by atoms with Gasteiger partial charge in [0.1, 0.15) is 5.78 Å². The monoisotopic (exact) mass is 231 g/mol. The highest BCUT2D eigenvalue weighted by Gasteiger charge is 2.05. The second-order valence-electron chi connectivity index (χ2n) is 3.13. The van der Waals surface area contributed by atoms with Crippen LogP contribution in [0.3, 0.4) is 0 Å². The van der Waals surface area contributed by atoms with E-state index in [2.05, 4.69) is 5.32 Å². The molecule has 1 N–H and O–H groups in total. The number of carbonyl (C=O) groups is 1. The number of hydrogen-bond donors (Lipinski definition) is 1. The first-order valence-electron chi connectivity index (χ1n) is 4.63. The summed E-state index contributed by atoms with van der Waals surface area (Å²) in [6.45, 7) is 0.900. The van der Waals surface area contributed by atoms with E-state index in [-0.39, 0.29) is 0 Å². The molecule has 0 atom stereocenters. The SMILES string of the molecule is CNCCCC(=O)Cc1ccc(Cl)s1. The quantitative estimate of drug-likeness (QED) is 0.763. The number of hydrogen-bond acceptors (Lipinski definition) is 3. The number of thiophene rings is 1. The zero-order valence-electron chi connectivity index (χ0n) is 8.18. The molecule has 1 aromatic rings. The summed E-state index contributed by atoms with van der Waals surface area (Å²) in [7, 11) is 1.89. The molecule has 0 amide bonds.